The summed E-state index contributed by atoms with van der Waals surface area (Å²) in [4.78, 5) is 19.0. The molecule has 0 aliphatic carbocycles. The number of aryl methyl sites for hydroxylation is 1. The fourth-order valence-corrected chi connectivity index (χ4v) is 1.74. The van der Waals surface area contributed by atoms with Crippen molar-refractivity contribution in [3.8, 4) is 0 Å². The number of nitrogens with one attached hydrogen (secondary N) is 3. The van der Waals surface area contributed by atoms with Crippen LogP contribution in [-0.4, -0.2) is 26.1 Å². The zero-order chi connectivity index (χ0) is 12.5. The third kappa shape index (κ3) is 1.84. The van der Waals surface area contributed by atoms with Gasteiger partial charge in [-0.1, -0.05) is 0 Å². The van der Waals surface area contributed by atoms with Crippen LogP contribution in [0.5, 0.6) is 0 Å². The Bertz CT molecular complexity index is 712. The van der Waals surface area contributed by atoms with Gasteiger partial charge in [0, 0.05) is 11.4 Å². The average molecular weight is 241 g/mol. The molecule has 2 aromatic heterocycles. The zero-order valence-corrected chi connectivity index (χ0v) is 9.69. The maximum Gasteiger partial charge on any atom is 0.276 e. The van der Waals surface area contributed by atoms with Gasteiger partial charge in [0.05, 0.1) is 17.4 Å². The number of H-pyrrole nitrogens is 2. The number of anilines is 1. The van der Waals surface area contributed by atoms with E-state index < -0.39 is 0 Å². The molecule has 1 aromatic carbocycles. The van der Waals surface area contributed by atoms with Crippen LogP contribution in [-0.2, 0) is 0 Å². The summed E-state index contributed by atoms with van der Waals surface area (Å²) < 4.78 is 0. The van der Waals surface area contributed by atoms with Gasteiger partial charge in [0.25, 0.3) is 5.91 Å². The highest BCUT2D eigenvalue weighted by atomic mass is 16.1. The number of rotatable bonds is 2. The molecule has 0 aliphatic heterocycles. The minimum atomic E-state index is -0.238. The topological polar surface area (TPSA) is 86.5 Å². The summed E-state index contributed by atoms with van der Waals surface area (Å²) >= 11 is 0. The fourth-order valence-electron chi connectivity index (χ4n) is 1.74. The van der Waals surface area contributed by atoms with Gasteiger partial charge in [-0.15, -0.1) is 0 Å². The molecule has 0 unspecified atom stereocenters. The quantitative estimate of drug-likeness (QED) is 0.639. The fraction of sp³-hybridized carbons (Fsp3) is 0.0833. The molecule has 1 amide bonds. The summed E-state index contributed by atoms with van der Waals surface area (Å²) in [5.41, 5.74) is 3.67. The highest BCUT2D eigenvalue weighted by Crippen LogP contribution is 2.16. The molecular formula is C12H11N5O. The summed E-state index contributed by atoms with van der Waals surface area (Å²) in [6, 6.07) is 7.18. The third-order valence-corrected chi connectivity index (χ3v) is 2.62. The summed E-state index contributed by atoms with van der Waals surface area (Å²) in [5, 5.41) is 9.43. The number of carbonyl (C=O) groups is 1. The molecule has 3 N–H and O–H groups in total. The second kappa shape index (κ2) is 3.99. The molecular weight excluding hydrogens is 230 g/mol. The van der Waals surface area contributed by atoms with Crippen molar-refractivity contribution >= 4 is 22.6 Å². The van der Waals surface area contributed by atoms with E-state index in [4.69, 9.17) is 0 Å². The Morgan fingerprint density at radius 2 is 2.22 bits per heavy atom. The number of amides is 1. The van der Waals surface area contributed by atoms with Crippen molar-refractivity contribution < 1.29 is 4.79 Å². The normalized spacial score (nSPS) is 10.7. The molecule has 2 heterocycles. The van der Waals surface area contributed by atoms with Crippen LogP contribution in [0.1, 0.15) is 16.2 Å². The van der Waals surface area contributed by atoms with Crippen molar-refractivity contribution in [2.75, 3.05) is 5.32 Å². The Hall–Kier alpha value is -2.63. The van der Waals surface area contributed by atoms with Crippen molar-refractivity contribution in [1.29, 1.82) is 0 Å². The molecule has 0 atom stereocenters. The maximum absolute atomic E-state index is 11.9. The van der Waals surface area contributed by atoms with Crippen molar-refractivity contribution in [1.82, 2.24) is 20.2 Å². The lowest BCUT2D eigenvalue weighted by molar-refractivity contribution is 0.102. The lowest BCUT2D eigenvalue weighted by atomic mass is 10.2. The minimum absolute atomic E-state index is 0.238. The van der Waals surface area contributed by atoms with Crippen LogP contribution in [0.15, 0.2) is 30.6 Å². The van der Waals surface area contributed by atoms with E-state index in [9.17, 15) is 4.79 Å². The number of fused-ring (bicyclic) bond motifs is 1. The molecule has 6 nitrogen and oxygen atoms in total. The Labute approximate surface area is 102 Å². The molecule has 18 heavy (non-hydrogen) atoms. The van der Waals surface area contributed by atoms with E-state index in [0.29, 0.717) is 11.4 Å². The zero-order valence-electron chi connectivity index (χ0n) is 9.69. The standard InChI is InChI=1S/C12H11N5O/c1-7-4-11(17-16-7)12(18)15-8-2-3-9-10(5-8)14-6-13-9/h2-6H,1H3,(H,13,14)(H,15,18)(H,16,17). The van der Waals surface area contributed by atoms with E-state index in [0.717, 1.165) is 16.7 Å². The van der Waals surface area contributed by atoms with E-state index >= 15 is 0 Å². The molecule has 0 spiro atoms. The van der Waals surface area contributed by atoms with Gasteiger partial charge in [0.15, 0.2) is 5.69 Å². The van der Waals surface area contributed by atoms with Crippen LogP contribution < -0.4 is 5.32 Å². The highest BCUT2D eigenvalue weighted by Gasteiger charge is 2.09. The molecule has 0 fully saturated rings. The first-order valence-electron chi connectivity index (χ1n) is 5.49. The van der Waals surface area contributed by atoms with E-state index in [-0.39, 0.29) is 5.91 Å². The number of benzene rings is 1. The maximum atomic E-state index is 11.9. The smallest absolute Gasteiger partial charge is 0.276 e. The molecule has 0 saturated heterocycles. The lowest BCUT2D eigenvalue weighted by Gasteiger charge is -2.02. The van der Waals surface area contributed by atoms with Crippen LogP contribution in [0, 0.1) is 6.92 Å². The molecule has 3 rings (SSSR count). The van der Waals surface area contributed by atoms with Crippen LogP contribution in [0.4, 0.5) is 5.69 Å². The highest BCUT2D eigenvalue weighted by molar-refractivity contribution is 6.03. The molecule has 6 heteroatoms. The van der Waals surface area contributed by atoms with Gasteiger partial charge in [-0.2, -0.15) is 5.10 Å². The first-order valence-corrected chi connectivity index (χ1v) is 5.49. The lowest BCUT2D eigenvalue weighted by Crippen LogP contribution is -2.12. The first kappa shape index (κ1) is 10.5. The molecule has 0 aliphatic rings. The van der Waals surface area contributed by atoms with Crippen molar-refractivity contribution in [3.05, 3.63) is 42.0 Å². The molecule has 0 bridgehead atoms. The Kier molecular flexibility index (Phi) is 2.33. The van der Waals surface area contributed by atoms with E-state index in [2.05, 4.69) is 25.5 Å². The summed E-state index contributed by atoms with van der Waals surface area (Å²) in [6.45, 7) is 1.85. The third-order valence-electron chi connectivity index (χ3n) is 2.62. The number of hydrogen-bond donors (Lipinski definition) is 3. The van der Waals surface area contributed by atoms with Gasteiger partial charge in [0.2, 0.25) is 0 Å². The average Bonchev–Trinajstić information content (AvgIpc) is 2.96. The number of hydrogen-bond acceptors (Lipinski definition) is 3. The number of imidazole rings is 1. The predicted molar refractivity (Wildman–Crippen MR) is 67.4 cm³/mol. The van der Waals surface area contributed by atoms with Crippen LogP contribution in [0.3, 0.4) is 0 Å². The summed E-state index contributed by atoms with van der Waals surface area (Å²) in [5.74, 6) is -0.238. The SMILES string of the molecule is Cc1cc(C(=O)Nc2ccc3nc[nH]c3c2)n[nH]1. The second-order valence-electron chi connectivity index (χ2n) is 4.02. The van der Waals surface area contributed by atoms with Gasteiger partial charge < -0.3 is 10.3 Å². The minimum Gasteiger partial charge on any atom is -0.345 e. The largest absolute Gasteiger partial charge is 0.345 e. The van der Waals surface area contributed by atoms with Gasteiger partial charge in [0.1, 0.15) is 0 Å². The predicted octanol–water partition coefficient (Wildman–Crippen LogP) is 1.85. The Balaban J connectivity index is 1.85. The monoisotopic (exact) mass is 241 g/mol. The number of aromatic nitrogens is 4. The molecule has 3 aromatic rings. The van der Waals surface area contributed by atoms with E-state index in [1.165, 1.54) is 0 Å². The van der Waals surface area contributed by atoms with Crippen LogP contribution in [0.25, 0.3) is 11.0 Å². The first-order chi connectivity index (χ1) is 8.72. The summed E-state index contributed by atoms with van der Waals surface area (Å²) in [6.07, 6.45) is 1.62. The van der Waals surface area contributed by atoms with Gasteiger partial charge in [-0.3, -0.25) is 9.89 Å². The summed E-state index contributed by atoms with van der Waals surface area (Å²) in [7, 11) is 0. The van der Waals surface area contributed by atoms with Gasteiger partial charge >= 0.3 is 0 Å². The molecule has 0 radical (unpaired) electrons. The number of aromatic amines is 2. The molecule has 90 valence electrons. The van der Waals surface area contributed by atoms with Crippen molar-refractivity contribution in [2.45, 2.75) is 6.92 Å². The van der Waals surface area contributed by atoms with Crippen molar-refractivity contribution in [2.24, 2.45) is 0 Å². The van der Waals surface area contributed by atoms with Gasteiger partial charge in [-0.25, -0.2) is 4.98 Å². The van der Waals surface area contributed by atoms with Gasteiger partial charge in [-0.05, 0) is 31.2 Å². The van der Waals surface area contributed by atoms with Crippen LogP contribution >= 0.6 is 0 Å². The second-order valence-corrected chi connectivity index (χ2v) is 4.02. The van der Waals surface area contributed by atoms with E-state index in [1.54, 1.807) is 18.5 Å². The number of carbonyl (C=O) groups excluding carboxylic acids is 1. The number of nitrogens with zero attached hydrogens (tertiary/aromatic N) is 2. The van der Waals surface area contributed by atoms with Crippen LogP contribution in [0.2, 0.25) is 0 Å². The molecule has 0 saturated carbocycles. The van der Waals surface area contributed by atoms with E-state index in [1.807, 2.05) is 19.1 Å². The Morgan fingerprint density at radius 1 is 1.33 bits per heavy atom. The Morgan fingerprint density at radius 3 is 3.00 bits per heavy atom. The van der Waals surface area contributed by atoms with Crippen molar-refractivity contribution in [3.63, 3.8) is 0 Å².